The van der Waals surface area contributed by atoms with Gasteiger partial charge in [0.1, 0.15) is 5.69 Å². The summed E-state index contributed by atoms with van der Waals surface area (Å²) in [4.78, 5) is 0. The molecule has 0 bridgehead atoms. The summed E-state index contributed by atoms with van der Waals surface area (Å²) in [6.07, 6.45) is 2.69. The van der Waals surface area contributed by atoms with Crippen LogP contribution >= 0.6 is 0 Å². The Morgan fingerprint density at radius 3 is 2.80 bits per heavy atom. The number of aromatic nitrogens is 2. The number of aryl methyl sites for hydroxylation is 2. The van der Waals surface area contributed by atoms with E-state index in [4.69, 9.17) is 5.11 Å². The highest BCUT2D eigenvalue weighted by Crippen LogP contribution is 2.12. The van der Waals surface area contributed by atoms with E-state index in [1.54, 1.807) is 17.8 Å². The zero-order valence-electron chi connectivity index (χ0n) is 6.33. The molecule has 0 spiro atoms. The molecule has 56 valence electrons. The molecule has 3 heteroatoms. The molecule has 1 N–H and O–H groups in total. The van der Waals surface area contributed by atoms with Crippen LogP contribution in [0.1, 0.15) is 19.0 Å². The zero-order chi connectivity index (χ0) is 7.56. The average molecular weight is 140 g/mol. The maximum atomic E-state index is 9.08. The van der Waals surface area contributed by atoms with Crippen molar-refractivity contribution in [3.05, 3.63) is 11.9 Å². The second-order valence-electron chi connectivity index (χ2n) is 2.36. The molecule has 0 saturated carbocycles. The van der Waals surface area contributed by atoms with Gasteiger partial charge < -0.3 is 5.11 Å². The minimum absolute atomic E-state index is 0.286. The van der Waals surface area contributed by atoms with E-state index in [0.29, 0.717) is 5.69 Å². The lowest BCUT2D eigenvalue weighted by molar-refractivity contribution is 0.469. The molecule has 1 aromatic heterocycles. The van der Waals surface area contributed by atoms with Crippen molar-refractivity contribution < 1.29 is 5.11 Å². The fourth-order valence-corrected chi connectivity index (χ4v) is 0.851. The zero-order valence-corrected chi connectivity index (χ0v) is 6.33. The summed E-state index contributed by atoms with van der Waals surface area (Å²) in [5, 5.41) is 13.2. The third-order valence-electron chi connectivity index (χ3n) is 1.37. The van der Waals surface area contributed by atoms with Gasteiger partial charge in [0.15, 0.2) is 5.75 Å². The Morgan fingerprint density at radius 2 is 2.40 bits per heavy atom. The van der Waals surface area contributed by atoms with Crippen LogP contribution in [0.25, 0.3) is 0 Å². The second kappa shape index (κ2) is 2.73. The van der Waals surface area contributed by atoms with Crippen molar-refractivity contribution >= 4 is 0 Å². The van der Waals surface area contributed by atoms with E-state index in [9.17, 15) is 0 Å². The second-order valence-corrected chi connectivity index (χ2v) is 2.36. The van der Waals surface area contributed by atoms with Gasteiger partial charge in [0.25, 0.3) is 0 Å². The molecule has 0 radical (unpaired) electrons. The smallest absolute Gasteiger partial charge is 0.156 e. The van der Waals surface area contributed by atoms with Crippen LogP contribution in [0, 0.1) is 6.92 Å². The van der Waals surface area contributed by atoms with E-state index in [-0.39, 0.29) is 5.75 Å². The molecule has 1 aromatic rings. The van der Waals surface area contributed by atoms with E-state index in [2.05, 4.69) is 12.0 Å². The Morgan fingerprint density at radius 1 is 1.70 bits per heavy atom. The summed E-state index contributed by atoms with van der Waals surface area (Å²) < 4.78 is 1.75. The molecule has 0 aliphatic carbocycles. The first-order valence-electron chi connectivity index (χ1n) is 3.47. The van der Waals surface area contributed by atoms with Crippen LogP contribution in [-0.4, -0.2) is 14.9 Å². The molecule has 0 atom stereocenters. The predicted octanol–water partition coefficient (Wildman–Crippen LogP) is 1.31. The molecular formula is C7H12N2O. The number of hydrogen-bond acceptors (Lipinski definition) is 2. The standard InChI is InChI=1S/C7H12N2O/c1-3-4-9-5-7(10)6(2)8-9/h5,10H,3-4H2,1-2H3. The summed E-state index contributed by atoms with van der Waals surface area (Å²) in [5.74, 6) is 0.286. The SMILES string of the molecule is CCCn1cc(O)c(C)n1. The summed E-state index contributed by atoms with van der Waals surface area (Å²) in [6.45, 7) is 4.75. The van der Waals surface area contributed by atoms with Crippen LogP contribution in [0.2, 0.25) is 0 Å². The van der Waals surface area contributed by atoms with E-state index >= 15 is 0 Å². The first kappa shape index (κ1) is 7.12. The van der Waals surface area contributed by atoms with Gasteiger partial charge in [-0.25, -0.2) is 0 Å². The molecule has 1 rings (SSSR count). The normalized spacial score (nSPS) is 10.2. The van der Waals surface area contributed by atoms with Crippen LogP contribution in [0.15, 0.2) is 6.20 Å². The Hall–Kier alpha value is -0.990. The van der Waals surface area contributed by atoms with Crippen molar-refractivity contribution in [3.63, 3.8) is 0 Å². The lowest BCUT2D eigenvalue weighted by Gasteiger charge is -1.93. The number of nitrogens with zero attached hydrogens (tertiary/aromatic N) is 2. The fraction of sp³-hybridized carbons (Fsp3) is 0.571. The quantitative estimate of drug-likeness (QED) is 0.672. The van der Waals surface area contributed by atoms with Crippen LogP contribution in [-0.2, 0) is 6.54 Å². The van der Waals surface area contributed by atoms with Gasteiger partial charge in [-0.1, -0.05) is 6.92 Å². The lowest BCUT2D eigenvalue weighted by atomic mass is 10.4. The minimum Gasteiger partial charge on any atom is -0.504 e. The minimum atomic E-state index is 0.286. The Bertz CT molecular complexity index is 198. The van der Waals surface area contributed by atoms with Crippen LogP contribution in [0.5, 0.6) is 5.75 Å². The molecule has 0 fully saturated rings. The molecule has 10 heavy (non-hydrogen) atoms. The molecule has 0 unspecified atom stereocenters. The van der Waals surface area contributed by atoms with Gasteiger partial charge in [0.2, 0.25) is 0 Å². The molecule has 0 aromatic carbocycles. The number of aromatic hydroxyl groups is 1. The monoisotopic (exact) mass is 140 g/mol. The van der Waals surface area contributed by atoms with Crippen LogP contribution in [0.4, 0.5) is 0 Å². The van der Waals surface area contributed by atoms with Crippen molar-refractivity contribution in [3.8, 4) is 5.75 Å². The van der Waals surface area contributed by atoms with Crippen LogP contribution < -0.4 is 0 Å². The molecule has 1 heterocycles. The Balaban J connectivity index is 2.77. The third-order valence-corrected chi connectivity index (χ3v) is 1.37. The lowest BCUT2D eigenvalue weighted by Crippen LogP contribution is -1.96. The average Bonchev–Trinajstić information content (AvgIpc) is 2.14. The molecule has 0 aliphatic rings. The van der Waals surface area contributed by atoms with E-state index in [1.807, 2.05) is 0 Å². The van der Waals surface area contributed by atoms with Crippen molar-refractivity contribution in [2.24, 2.45) is 0 Å². The number of rotatable bonds is 2. The topological polar surface area (TPSA) is 38.0 Å². The molecule has 3 nitrogen and oxygen atoms in total. The van der Waals surface area contributed by atoms with Gasteiger partial charge in [-0.15, -0.1) is 0 Å². The van der Waals surface area contributed by atoms with Crippen molar-refractivity contribution in [2.75, 3.05) is 0 Å². The first-order valence-corrected chi connectivity index (χ1v) is 3.47. The summed E-state index contributed by atoms with van der Waals surface area (Å²) in [6, 6.07) is 0. The highest BCUT2D eigenvalue weighted by Gasteiger charge is 1.99. The van der Waals surface area contributed by atoms with Crippen molar-refractivity contribution in [1.82, 2.24) is 9.78 Å². The molecule has 0 amide bonds. The van der Waals surface area contributed by atoms with E-state index in [1.165, 1.54) is 0 Å². The molecule has 0 aliphatic heterocycles. The van der Waals surface area contributed by atoms with Gasteiger partial charge in [-0.05, 0) is 13.3 Å². The summed E-state index contributed by atoms with van der Waals surface area (Å²) in [7, 11) is 0. The third kappa shape index (κ3) is 1.29. The van der Waals surface area contributed by atoms with Crippen molar-refractivity contribution in [1.29, 1.82) is 0 Å². The maximum Gasteiger partial charge on any atom is 0.156 e. The largest absolute Gasteiger partial charge is 0.504 e. The van der Waals surface area contributed by atoms with Gasteiger partial charge in [0, 0.05) is 6.54 Å². The maximum absolute atomic E-state index is 9.08. The highest BCUT2D eigenvalue weighted by atomic mass is 16.3. The molecule has 0 saturated heterocycles. The highest BCUT2D eigenvalue weighted by molar-refractivity contribution is 5.20. The van der Waals surface area contributed by atoms with Gasteiger partial charge in [-0.2, -0.15) is 5.10 Å². The summed E-state index contributed by atoms with van der Waals surface area (Å²) >= 11 is 0. The van der Waals surface area contributed by atoms with Gasteiger partial charge in [0.05, 0.1) is 6.20 Å². The Kier molecular flexibility index (Phi) is 1.94. The predicted molar refractivity (Wildman–Crippen MR) is 38.9 cm³/mol. The molecular weight excluding hydrogens is 128 g/mol. The first-order chi connectivity index (χ1) is 4.74. The van der Waals surface area contributed by atoms with Crippen LogP contribution in [0.3, 0.4) is 0 Å². The summed E-state index contributed by atoms with van der Waals surface area (Å²) in [5.41, 5.74) is 0.702. The van der Waals surface area contributed by atoms with E-state index < -0.39 is 0 Å². The van der Waals surface area contributed by atoms with E-state index in [0.717, 1.165) is 13.0 Å². The van der Waals surface area contributed by atoms with Crippen molar-refractivity contribution in [2.45, 2.75) is 26.8 Å². The Labute approximate surface area is 60.3 Å². The fourth-order valence-electron chi connectivity index (χ4n) is 0.851. The van der Waals surface area contributed by atoms with Gasteiger partial charge >= 0.3 is 0 Å². The van der Waals surface area contributed by atoms with Gasteiger partial charge in [-0.3, -0.25) is 4.68 Å². The number of hydrogen-bond donors (Lipinski definition) is 1.